The van der Waals surface area contributed by atoms with Crippen molar-refractivity contribution in [2.75, 3.05) is 43.5 Å². The molecule has 0 spiro atoms. The highest BCUT2D eigenvalue weighted by atomic mass is 32.1. The van der Waals surface area contributed by atoms with Gasteiger partial charge in [-0.25, -0.2) is 4.79 Å². The van der Waals surface area contributed by atoms with Crippen molar-refractivity contribution in [3.8, 4) is 10.4 Å². The predicted molar refractivity (Wildman–Crippen MR) is 138 cm³/mol. The van der Waals surface area contributed by atoms with Gasteiger partial charge in [-0.05, 0) is 55.0 Å². The van der Waals surface area contributed by atoms with Crippen LogP contribution < -0.4 is 10.2 Å². The van der Waals surface area contributed by atoms with Gasteiger partial charge in [-0.2, -0.15) is 0 Å². The van der Waals surface area contributed by atoms with Gasteiger partial charge in [0.1, 0.15) is 5.00 Å². The number of carbonyl (C=O) groups excluding carboxylic acids is 2. The number of piperazine rings is 1. The maximum atomic E-state index is 12.4. The Morgan fingerprint density at radius 3 is 2.27 bits per heavy atom. The van der Waals surface area contributed by atoms with Gasteiger partial charge in [0, 0.05) is 42.3 Å². The van der Waals surface area contributed by atoms with Crippen LogP contribution in [0, 0.1) is 0 Å². The van der Waals surface area contributed by atoms with E-state index >= 15 is 0 Å². The number of esters is 1. The maximum Gasteiger partial charge on any atom is 0.340 e. The van der Waals surface area contributed by atoms with E-state index < -0.39 is 5.97 Å². The number of benzene rings is 2. The fourth-order valence-electron chi connectivity index (χ4n) is 3.74. The van der Waals surface area contributed by atoms with E-state index in [-0.39, 0.29) is 5.78 Å². The van der Waals surface area contributed by atoms with E-state index in [0.717, 1.165) is 47.9 Å². The van der Waals surface area contributed by atoms with Crippen LogP contribution in [0.5, 0.6) is 0 Å². The smallest absolute Gasteiger partial charge is 0.340 e. The summed E-state index contributed by atoms with van der Waals surface area (Å²) >= 11 is 7.16. The van der Waals surface area contributed by atoms with E-state index in [1.165, 1.54) is 18.4 Å². The number of nitrogens with one attached hydrogen (secondary N) is 1. The van der Waals surface area contributed by atoms with E-state index in [9.17, 15) is 9.59 Å². The lowest BCUT2D eigenvalue weighted by Gasteiger charge is -2.37. The van der Waals surface area contributed by atoms with E-state index in [4.69, 9.17) is 17.0 Å². The molecule has 2 aromatic carbocycles. The van der Waals surface area contributed by atoms with E-state index in [1.807, 2.05) is 60.7 Å². The molecule has 0 bridgehead atoms. The van der Waals surface area contributed by atoms with Crippen molar-refractivity contribution in [2.24, 2.45) is 0 Å². The Morgan fingerprint density at radius 2 is 1.67 bits per heavy atom. The average Bonchev–Trinajstić information content (AvgIpc) is 3.28. The number of ketones is 1. The van der Waals surface area contributed by atoms with Crippen molar-refractivity contribution >= 4 is 51.1 Å². The number of rotatable bonds is 5. The topological polar surface area (TPSA) is 61.9 Å². The molecule has 170 valence electrons. The number of hydrogen-bond acceptors (Lipinski definition) is 6. The minimum atomic E-state index is -0.391. The van der Waals surface area contributed by atoms with Gasteiger partial charge in [-0.3, -0.25) is 4.79 Å². The summed E-state index contributed by atoms with van der Waals surface area (Å²) in [5.41, 5.74) is 3.33. The van der Waals surface area contributed by atoms with Crippen LogP contribution in [0.15, 0.2) is 60.7 Å². The summed E-state index contributed by atoms with van der Waals surface area (Å²) < 4.78 is 4.98. The van der Waals surface area contributed by atoms with Crippen molar-refractivity contribution in [1.29, 1.82) is 0 Å². The summed E-state index contributed by atoms with van der Waals surface area (Å²) in [6, 6.07) is 19.5. The molecule has 0 radical (unpaired) electrons. The molecule has 33 heavy (non-hydrogen) atoms. The fraction of sp³-hybridized carbons (Fsp3) is 0.240. The highest BCUT2D eigenvalue weighted by Gasteiger charge is 2.23. The molecule has 4 rings (SSSR count). The Morgan fingerprint density at radius 1 is 1.00 bits per heavy atom. The van der Waals surface area contributed by atoms with Gasteiger partial charge >= 0.3 is 5.97 Å². The molecular weight excluding hydrogens is 454 g/mol. The van der Waals surface area contributed by atoms with Crippen LogP contribution in [0.25, 0.3) is 10.4 Å². The summed E-state index contributed by atoms with van der Waals surface area (Å²) in [7, 11) is 1.38. The molecule has 1 fully saturated rings. The second-order valence-corrected chi connectivity index (χ2v) is 9.16. The van der Waals surface area contributed by atoms with Crippen molar-refractivity contribution < 1.29 is 14.3 Å². The zero-order valence-electron chi connectivity index (χ0n) is 18.5. The van der Waals surface area contributed by atoms with E-state index in [1.54, 1.807) is 6.92 Å². The lowest BCUT2D eigenvalue weighted by atomic mass is 10.1. The third kappa shape index (κ3) is 5.23. The van der Waals surface area contributed by atoms with Crippen LogP contribution in [0.4, 0.5) is 10.7 Å². The number of Topliss-reactive ketones (excluding diaryl/α,β-unsaturated/α-hetero) is 1. The third-order valence-corrected chi connectivity index (χ3v) is 7.08. The molecule has 1 N–H and O–H groups in total. The zero-order chi connectivity index (χ0) is 23.4. The number of thiophene rings is 1. The predicted octanol–water partition coefficient (Wildman–Crippen LogP) is 4.92. The summed E-state index contributed by atoms with van der Waals surface area (Å²) in [6.07, 6.45) is 0. The van der Waals surface area contributed by atoms with Crippen molar-refractivity contribution in [1.82, 2.24) is 4.90 Å². The largest absolute Gasteiger partial charge is 0.465 e. The average molecular weight is 480 g/mol. The molecule has 0 amide bonds. The number of methoxy groups -OCH3 is 1. The summed E-state index contributed by atoms with van der Waals surface area (Å²) in [6.45, 7) is 4.70. The molecule has 0 unspecified atom stereocenters. The van der Waals surface area contributed by atoms with Crippen LogP contribution in [0.1, 0.15) is 27.6 Å². The lowest BCUT2D eigenvalue weighted by molar-refractivity contribution is 0.0602. The summed E-state index contributed by atoms with van der Waals surface area (Å²) in [5.74, 6) is -0.323. The highest BCUT2D eigenvalue weighted by molar-refractivity contribution is 7.80. The first-order chi connectivity index (χ1) is 16.0. The Kier molecular flexibility index (Phi) is 7.05. The SMILES string of the molecule is COC(=O)c1cc(-c2ccccc2)sc1NC(=S)N1CCN(c2ccc(C(C)=O)cc2)CC1. The van der Waals surface area contributed by atoms with Gasteiger partial charge in [-0.15, -0.1) is 11.3 Å². The number of nitrogens with zero attached hydrogens (tertiary/aromatic N) is 2. The Balaban J connectivity index is 1.43. The Hall–Kier alpha value is -3.23. The van der Waals surface area contributed by atoms with Gasteiger partial charge in [0.05, 0.1) is 12.7 Å². The molecule has 0 saturated carbocycles. The third-order valence-electron chi connectivity index (χ3n) is 5.62. The first kappa shape index (κ1) is 22.9. The minimum absolute atomic E-state index is 0.0677. The molecule has 3 aromatic rings. The number of carbonyl (C=O) groups is 2. The standard InChI is InChI=1S/C25H25N3O3S2/c1-17(29)18-8-10-20(11-9-18)27-12-14-28(15-13-27)25(32)26-23-21(24(30)31-2)16-22(33-23)19-6-4-3-5-7-19/h3-11,16H,12-15H2,1-2H3,(H,26,32). The van der Waals surface area contributed by atoms with Crippen LogP contribution in [-0.4, -0.2) is 55.1 Å². The van der Waals surface area contributed by atoms with Gasteiger partial charge in [-0.1, -0.05) is 30.3 Å². The molecule has 0 atom stereocenters. The summed E-state index contributed by atoms with van der Waals surface area (Å²) in [4.78, 5) is 29.2. The quantitative estimate of drug-likeness (QED) is 0.316. The molecular formula is C25H25N3O3S2. The zero-order valence-corrected chi connectivity index (χ0v) is 20.2. The number of thiocarbonyl (C=S) groups is 1. The number of anilines is 2. The summed E-state index contributed by atoms with van der Waals surface area (Å²) in [5, 5.41) is 4.56. The fourth-order valence-corrected chi connectivity index (χ4v) is 5.14. The second-order valence-electron chi connectivity index (χ2n) is 7.72. The molecule has 1 saturated heterocycles. The molecule has 1 aliphatic heterocycles. The van der Waals surface area contributed by atoms with Crippen LogP contribution in [0.3, 0.4) is 0 Å². The number of hydrogen-bond donors (Lipinski definition) is 1. The first-order valence-corrected chi connectivity index (χ1v) is 11.9. The van der Waals surface area contributed by atoms with E-state index in [0.29, 0.717) is 15.7 Å². The van der Waals surface area contributed by atoms with Crippen LogP contribution in [0.2, 0.25) is 0 Å². The molecule has 8 heteroatoms. The lowest BCUT2D eigenvalue weighted by Crippen LogP contribution is -2.50. The first-order valence-electron chi connectivity index (χ1n) is 10.7. The van der Waals surface area contributed by atoms with Gasteiger partial charge in [0.2, 0.25) is 0 Å². The van der Waals surface area contributed by atoms with Crippen molar-refractivity contribution in [3.63, 3.8) is 0 Å². The number of ether oxygens (including phenoxy) is 1. The van der Waals surface area contributed by atoms with Gasteiger partial charge in [0.15, 0.2) is 10.9 Å². The van der Waals surface area contributed by atoms with E-state index in [2.05, 4.69) is 15.1 Å². The normalized spacial score (nSPS) is 13.5. The molecule has 0 aliphatic carbocycles. The molecule has 1 aromatic heterocycles. The second kappa shape index (κ2) is 10.1. The minimum Gasteiger partial charge on any atom is -0.465 e. The van der Waals surface area contributed by atoms with Crippen molar-refractivity contribution in [2.45, 2.75) is 6.92 Å². The Bertz CT molecular complexity index is 1150. The molecule has 2 heterocycles. The van der Waals surface area contributed by atoms with Gasteiger partial charge < -0.3 is 19.9 Å². The maximum absolute atomic E-state index is 12.4. The van der Waals surface area contributed by atoms with Gasteiger partial charge in [0.25, 0.3) is 0 Å². The van der Waals surface area contributed by atoms with Crippen LogP contribution in [-0.2, 0) is 4.74 Å². The highest BCUT2D eigenvalue weighted by Crippen LogP contribution is 2.36. The molecule has 6 nitrogen and oxygen atoms in total. The molecule has 1 aliphatic rings. The van der Waals surface area contributed by atoms with Crippen molar-refractivity contribution in [3.05, 3.63) is 71.8 Å². The monoisotopic (exact) mass is 479 g/mol. The van der Waals surface area contributed by atoms with Crippen LogP contribution >= 0.6 is 23.6 Å². The Labute approximate surface area is 202 Å².